The van der Waals surface area contributed by atoms with Crippen LogP contribution in [0.2, 0.25) is 0 Å². The zero-order valence-electron chi connectivity index (χ0n) is 7.92. The predicted molar refractivity (Wildman–Crippen MR) is 52.9 cm³/mol. The van der Waals surface area contributed by atoms with Crippen molar-refractivity contribution >= 4 is 5.91 Å². The molecule has 2 heteroatoms. The van der Waals surface area contributed by atoms with Crippen molar-refractivity contribution in [3.8, 4) is 12.3 Å². The molecule has 0 aromatic carbocycles. The van der Waals surface area contributed by atoms with E-state index in [1.54, 1.807) is 0 Å². The summed E-state index contributed by atoms with van der Waals surface area (Å²) in [6, 6.07) is -0.155. The summed E-state index contributed by atoms with van der Waals surface area (Å²) in [5.74, 6) is 2.95. The van der Waals surface area contributed by atoms with Crippen molar-refractivity contribution in [3.63, 3.8) is 0 Å². The molecule has 0 heterocycles. The number of rotatable bonds is 3. The summed E-state index contributed by atoms with van der Waals surface area (Å²) in [5.41, 5.74) is 0. The van der Waals surface area contributed by atoms with Crippen LogP contribution in [-0.2, 0) is 4.79 Å². The molecule has 70 valence electrons. The van der Waals surface area contributed by atoms with Crippen molar-refractivity contribution in [3.05, 3.63) is 12.2 Å². The largest absolute Gasteiger partial charge is 0.343 e. The maximum atomic E-state index is 11.3. The summed E-state index contributed by atoms with van der Waals surface area (Å²) < 4.78 is 0. The Morgan fingerprint density at radius 1 is 1.85 bits per heavy atom. The molecule has 2 nitrogen and oxygen atoms in total. The van der Waals surface area contributed by atoms with Crippen LogP contribution < -0.4 is 5.32 Å². The Labute approximate surface area is 79.4 Å². The molecule has 1 amide bonds. The van der Waals surface area contributed by atoms with Crippen LogP contribution in [0.15, 0.2) is 12.2 Å². The molecule has 2 unspecified atom stereocenters. The second-order valence-electron chi connectivity index (χ2n) is 3.43. The van der Waals surface area contributed by atoms with Gasteiger partial charge in [0.15, 0.2) is 0 Å². The van der Waals surface area contributed by atoms with Gasteiger partial charge in [-0.15, -0.1) is 6.42 Å². The fourth-order valence-corrected chi connectivity index (χ4v) is 1.45. The number of hydrogen-bond acceptors (Lipinski definition) is 1. The lowest BCUT2D eigenvalue weighted by molar-refractivity contribution is -0.121. The highest BCUT2D eigenvalue weighted by Crippen LogP contribution is 2.19. The van der Waals surface area contributed by atoms with Crippen molar-refractivity contribution in [2.75, 3.05) is 0 Å². The van der Waals surface area contributed by atoms with E-state index in [4.69, 9.17) is 6.42 Å². The molecule has 1 aliphatic rings. The summed E-state index contributed by atoms with van der Waals surface area (Å²) >= 11 is 0. The molecule has 0 radical (unpaired) electrons. The smallest absolute Gasteiger partial charge is 0.221 e. The van der Waals surface area contributed by atoms with Crippen LogP contribution in [0, 0.1) is 18.3 Å². The molecule has 1 N–H and O–H groups in total. The average Bonchev–Trinajstić information content (AvgIpc) is 2.56. The SMILES string of the molecule is C#CC(C)NC(=O)CC1C=CCC1. The minimum atomic E-state index is -0.155. The Morgan fingerprint density at radius 2 is 2.62 bits per heavy atom. The van der Waals surface area contributed by atoms with E-state index >= 15 is 0 Å². The number of amides is 1. The van der Waals surface area contributed by atoms with Crippen molar-refractivity contribution in [1.82, 2.24) is 5.32 Å². The van der Waals surface area contributed by atoms with Crippen molar-refractivity contribution in [2.45, 2.75) is 32.2 Å². The first-order valence-corrected chi connectivity index (χ1v) is 4.64. The van der Waals surface area contributed by atoms with E-state index in [0.717, 1.165) is 12.8 Å². The zero-order chi connectivity index (χ0) is 9.68. The normalized spacial score (nSPS) is 22.3. The molecule has 0 spiro atoms. The molecule has 0 saturated heterocycles. The second-order valence-corrected chi connectivity index (χ2v) is 3.43. The fourth-order valence-electron chi connectivity index (χ4n) is 1.45. The summed E-state index contributed by atoms with van der Waals surface area (Å²) in [4.78, 5) is 11.3. The van der Waals surface area contributed by atoms with Gasteiger partial charge in [-0.05, 0) is 25.7 Å². The van der Waals surface area contributed by atoms with Crippen molar-refractivity contribution in [1.29, 1.82) is 0 Å². The Morgan fingerprint density at radius 3 is 3.15 bits per heavy atom. The minimum Gasteiger partial charge on any atom is -0.343 e. The predicted octanol–water partition coefficient (Wildman–Crippen LogP) is 1.48. The van der Waals surface area contributed by atoms with Gasteiger partial charge in [-0.1, -0.05) is 18.1 Å². The van der Waals surface area contributed by atoms with Gasteiger partial charge in [0.05, 0.1) is 6.04 Å². The van der Waals surface area contributed by atoms with Gasteiger partial charge in [-0.3, -0.25) is 4.79 Å². The van der Waals surface area contributed by atoms with Gasteiger partial charge in [0.2, 0.25) is 5.91 Å². The van der Waals surface area contributed by atoms with Gasteiger partial charge in [-0.2, -0.15) is 0 Å². The van der Waals surface area contributed by atoms with E-state index in [2.05, 4.69) is 23.4 Å². The molecular formula is C11H15NO. The molecule has 0 bridgehead atoms. The first-order chi connectivity index (χ1) is 6.22. The molecule has 0 saturated carbocycles. The molecule has 0 aromatic heterocycles. The third-order valence-electron chi connectivity index (χ3n) is 2.19. The lowest BCUT2D eigenvalue weighted by Crippen LogP contribution is -2.32. The van der Waals surface area contributed by atoms with Crippen molar-refractivity contribution < 1.29 is 4.79 Å². The summed E-state index contributed by atoms with van der Waals surface area (Å²) in [6.45, 7) is 1.81. The highest BCUT2D eigenvalue weighted by atomic mass is 16.1. The Hall–Kier alpha value is -1.23. The van der Waals surface area contributed by atoms with Crippen LogP contribution in [0.4, 0.5) is 0 Å². The fraction of sp³-hybridized carbons (Fsp3) is 0.545. The maximum Gasteiger partial charge on any atom is 0.221 e. The van der Waals surface area contributed by atoms with E-state index in [1.165, 1.54) is 0 Å². The Kier molecular flexibility index (Phi) is 3.57. The summed E-state index contributed by atoms with van der Waals surface area (Å²) in [6.07, 6.45) is 12.2. The monoisotopic (exact) mass is 177 g/mol. The number of nitrogens with one attached hydrogen (secondary N) is 1. The third kappa shape index (κ3) is 3.33. The standard InChI is InChI=1S/C11H15NO/c1-3-9(2)12-11(13)8-10-6-4-5-7-10/h1,4,6,9-10H,5,7-8H2,2H3,(H,12,13). The van der Waals surface area contributed by atoms with Crippen LogP contribution in [0.25, 0.3) is 0 Å². The number of carbonyl (C=O) groups excluding carboxylic acids is 1. The molecule has 0 fully saturated rings. The van der Waals surface area contributed by atoms with E-state index in [9.17, 15) is 4.79 Å². The first-order valence-electron chi connectivity index (χ1n) is 4.64. The van der Waals surface area contributed by atoms with Gasteiger partial charge in [0, 0.05) is 6.42 Å². The summed E-state index contributed by atoms with van der Waals surface area (Å²) in [5, 5.41) is 2.75. The number of allylic oxidation sites excluding steroid dienone is 2. The molecule has 0 aliphatic heterocycles. The first kappa shape index (κ1) is 9.85. The van der Waals surface area contributed by atoms with Gasteiger partial charge < -0.3 is 5.32 Å². The van der Waals surface area contributed by atoms with Crippen LogP contribution >= 0.6 is 0 Å². The molecule has 1 rings (SSSR count). The highest BCUT2D eigenvalue weighted by molar-refractivity contribution is 5.77. The van der Waals surface area contributed by atoms with Gasteiger partial charge >= 0.3 is 0 Å². The summed E-state index contributed by atoms with van der Waals surface area (Å²) in [7, 11) is 0. The van der Waals surface area contributed by atoms with E-state index in [0.29, 0.717) is 12.3 Å². The topological polar surface area (TPSA) is 29.1 Å². The minimum absolute atomic E-state index is 0.0574. The van der Waals surface area contributed by atoms with Gasteiger partial charge in [0.1, 0.15) is 0 Å². The molecule has 2 atom stereocenters. The maximum absolute atomic E-state index is 11.3. The number of terminal acetylenes is 1. The van der Waals surface area contributed by atoms with Crippen molar-refractivity contribution in [2.24, 2.45) is 5.92 Å². The van der Waals surface area contributed by atoms with Gasteiger partial charge in [-0.25, -0.2) is 0 Å². The van der Waals surface area contributed by atoms with Crippen LogP contribution in [0.1, 0.15) is 26.2 Å². The van der Waals surface area contributed by atoms with E-state index in [-0.39, 0.29) is 11.9 Å². The molecule has 0 aromatic rings. The molecular weight excluding hydrogens is 162 g/mol. The lowest BCUT2D eigenvalue weighted by Gasteiger charge is -2.10. The second kappa shape index (κ2) is 4.71. The van der Waals surface area contributed by atoms with Crippen LogP contribution in [0.3, 0.4) is 0 Å². The Balaban J connectivity index is 2.25. The van der Waals surface area contributed by atoms with E-state index < -0.39 is 0 Å². The highest BCUT2D eigenvalue weighted by Gasteiger charge is 2.14. The lowest BCUT2D eigenvalue weighted by atomic mass is 10.0. The molecule has 13 heavy (non-hydrogen) atoms. The quantitative estimate of drug-likeness (QED) is 0.513. The van der Waals surface area contributed by atoms with Gasteiger partial charge in [0.25, 0.3) is 0 Å². The van der Waals surface area contributed by atoms with Crippen LogP contribution in [-0.4, -0.2) is 11.9 Å². The van der Waals surface area contributed by atoms with E-state index in [1.807, 2.05) is 6.92 Å². The Bertz CT molecular complexity index is 249. The average molecular weight is 177 g/mol. The number of carbonyl (C=O) groups is 1. The molecule has 1 aliphatic carbocycles. The number of hydrogen-bond donors (Lipinski definition) is 1. The van der Waals surface area contributed by atoms with Crippen LogP contribution in [0.5, 0.6) is 0 Å². The third-order valence-corrected chi connectivity index (χ3v) is 2.19. The zero-order valence-corrected chi connectivity index (χ0v) is 7.92.